The smallest absolute Gasteiger partial charge is 0.253 e. The van der Waals surface area contributed by atoms with Crippen LogP contribution in [0.2, 0.25) is 0 Å². The highest BCUT2D eigenvalue weighted by Gasteiger charge is 2.34. The van der Waals surface area contributed by atoms with E-state index in [9.17, 15) is 14.4 Å². The molecule has 0 aliphatic carbocycles. The third kappa shape index (κ3) is 6.34. The number of ether oxygens (including phenoxy) is 1. The van der Waals surface area contributed by atoms with Crippen LogP contribution < -0.4 is 15.4 Å². The molecule has 1 aliphatic heterocycles. The Labute approximate surface area is 195 Å². The number of aryl methyl sites for hydroxylation is 1. The summed E-state index contributed by atoms with van der Waals surface area (Å²) in [4.78, 5) is 40.6. The first-order chi connectivity index (χ1) is 15.9. The Kier molecular flexibility index (Phi) is 8.46. The lowest BCUT2D eigenvalue weighted by Gasteiger charge is -2.36. The van der Waals surface area contributed by atoms with E-state index in [0.717, 1.165) is 12.0 Å². The van der Waals surface area contributed by atoms with Crippen LogP contribution in [-0.4, -0.2) is 55.4 Å². The Morgan fingerprint density at radius 3 is 2.42 bits per heavy atom. The molecular formula is C26H33N3O4. The first-order valence-corrected chi connectivity index (χ1v) is 11.5. The number of methoxy groups -OCH3 is 1. The summed E-state index contributed by atoms with van der Waals surface area (Å²) in [5.74, 6) is 0.0282. The number of nitrogens with zero attached hydrogens (tertiary/aromatic N) is 1. The van der Waals surface area contributed by atoms with E-state index in [4.69, 9.17) is 4.74 Å². The van der Waals surface area contributed by atoms with Crippen molar-refractivity contribution < 1.29 is 19.1 Å². The summed E-state index contributed by atoms with van der Waals surface area (Å²) in [6, 6.07) is 13.8. The maximum Gasteiger partial charge on any atom is 0.253 e. The molecule has 0 bridgehead atoms. The fraction of sp³-hybridized carbons (Fsp3) is 0.423. The number of hydrogen-bond acceptors (Lipinski definition) is 4. The van der Waals surface area contributed by atoms with Crippen molar-refractivity contribution in [1.29, 1.82) is 0 Å². The van der Waals surface area contributed by atoms with Crippen molar-refractivity contribution in [2.45, 2.75) is 39.2 Å². The Balaban J connectivity index is 1.69. The van der Waals surface area contributed by atoms with E-state index in [0.29, 0.717) is 49.4 Å². The number of hydrogen-bond donors (Lipinski definition) is 2. The van der Waals surface area contributed by atoms with Gasteiger partial charge in [0.05, 0.1) is 7.11 Å². The number of rotatable bonds is 8. The molecule has 2 aromatic carbocycles. The second-order valence-electron chi connectivity index (χ2n) is 8.47. The van der Waals surface area contributed by atoms with Gasteiger partial charge in [-0.05, 0) is 62.4 Å². The highest BCUT2D eigenvalue weighted by molar-refractivity contribution is 5.98. The molecule has 1 atom stereocenters. The quantitative estimate of drug-likeness (QED) is 0.645. The van der Waals surface area contributed by atoms with Gasteiger partial charge in [-0.15, -0.1) is 0 Å². The van der Waals surface area contributed by atoms with Crippen molar-refractivity contribution >= 4 is 17.7 Å². The van der Waals surface area contributed by atoms with E-state index in [2.05, 4.69) is 10.6 Å². The molecule has 2 N–H and O–H groups in total. The van der Waals surface area contributed by atoms with Crippen LogP contribution in [0.15, 0.2) is 48.5 Å². The lowest BCUT2D eigenvalue weighted by Crippen LogP contribution is -2.54. The van der Waals surface area contributed by atoms with Crippen molar-refractivity contribution in [2.24, 2.45) is 5.92 Å². The third-order valence-corrected chi connectivity index (χ3v) is 6.01. The normalized spacial score (nSPS) is 14.9. The second kappa shape index (κ2) is 11.5. The monoisotopic (exact) mass is 451 g/mol. The summed E-state index contributed by atoms with van der Waals surface area (Å²) in [5.41, 5.74) is 2.16. The molecular weight excluding hydrogens is 418 g/mol. The van der Waals surface area contributed by atoms with Gasteiger partial charge in [-0.25, -0.2) is 0 Å². The van der Waals surface area contributed by atoms with Crippen LogP contribution in [0.25, 0.3) is 0 Å². The maximum atomic E-state index is 12.9. The van der Waals surface area contributed by atoms with Gasteiger partial charge in [0.15, 0.2) is 0 Å². The average Bonchev–Trinajstić information content (AvgIpc) is 2.85. The molecule has 3 amide bonds. The molecule has 2 aromatic rings. The van der Waals surface area contributed by atoms with Gasteiger partial charge in [0.1, 0.15) is 11.8 Å². The number of carbonyl (C=O) groups is 3. The second-order valence-corrected chi connectivity index (χ2v) is 8.47. The van der Waals surface area contributed by atoms with Gasteiger partial charge < -0.3 is 20.3 Å². The number of likely N-dealkylation sites (tertiary alicyclic amines) is 1. The van der Waals surface area contributed by atoms with E-state index in [1.54, 1.807) is 31.4 Å². The molecule has 0 spiro atoms. The van der Waals surface area contributed by atoms with Gasteiger partial charge in [0.2, 0.25) is 5.91 Å². The van der Waals surface area contributed by atoms with E-state index in [1.165, 1.54) is 0 Å². The van der Waals surface area contributed by atoms with Crippen LogP contribution in [0.3, 0.4) is 0 Å². The van der Waals surface area contributed by atoms with Gasteiger partial charge in [-0.1, -0.05) is 30.7 Å². The molecule has 0 unspecified atom stereocenters. The van der Waals surface area contributed by atoms with Crippen LogP contribution in [0.5, 0.6) is 5.75 Å². The highest BCUT2D eigenvalue weighted by atomic mass is 16.5. The Hall–Kier alpha value is -3.35. The lowest BCUT2D eigenvalue weighted by atomic mass is 9.88. The molecule has 1 fully saturated rings. The predicted molar refractivity (Wildman–Crippen MR) is 127 cm³/mol. The first kappa shape index (κ1) is 24.3. The Morgan fingerprint density at radius 1 is 1.06 bits per heavy atom. The highest BCUT2D eigenvalue weighted by Crippen LogP contribution is 2.23. The van der Waals surface area contributed by atoms with Crippen LogP contribution >= 0.6 is 0 Å². The fourth-order valence-electron chi connectivity index (χ4n) is 4.14. The van der Waals surface area contributed by atoms with E-state index < -0.39 is 6.04 Å². The van der Waals surface area contributed by atoms with Gasteiger partial charge in [-0.2, -0.15) is 0 Å². The van der Waals surface area contributed by atoms with Crippen LogP contribution in [-0.2, 0) is 4.79 Å². The molecule has 1 heterocycles. The largest absolute Gasteiger partial charge is 0.497 e. The summed E-state index contributed by atoms with van der Waals surface area (Å²) in [7, 11) is 1.55. The summed E-state index contributed by atoms with van der Waals surface area (Å²) in [5, 5.41) is 5.85. The van der Waals surface area contributed by atoms with E-state index in [-0.39, 0.29) is 23.6 Å². The van der Waals surface area contributed by atoms with Crippen molar-refractivity contribution in [1.82, 2.24) is 15.5 Å². The predicted octanol–water partition coefficient (Wildman–Crippen LogP) is 3.18. The minimum Gasteiger partial charge on any atom is -0.497 e. The zero-order valence-electron chi connectivity index (χ0n) is 19.6. The lowest BCUT2D eigenvalue weighted by molar-refractivity contribution is -0.124. The molecule has 0 aromatic heterocycles. The van der Waals surface area contributed by atoms with Gasteiger partial charge in [0, 0.05) is 30.8 Å². The standard InChI is InChI=1S/C26H33N3O4/c1-4-13-27-25(31)23(28-24(30)20-8-6-10-22(17-20)33-3)19-11-14-29(15-12-19)26(32)21-9-5-7-18(2)16-21/h5-10,16-17,19,23H,4,11-15H2,1-3H3,(H,27,31)(H,28,30)/t23-/m0/s1. The molecule has 7 nitrogen and oxygen atoms in total. The summed E-state index contributed by atoms with van der Waals surface area (Å²) in [6.07, 6.45) is 2.09. The van der Waals surface area contributed by atoms with Crippen molar-refractivity contribution in [3.63, 3.8) is 0 Å². The SMILES string of the molecule is CCCNC(=O)[C@@H](NC(=O)c1cccc(OC)c1)C1CCN(C(=O)c2cccc(C)c2)CC1. The maximum absolute atomic E-state index is 12.9. The first-order valence-electron chi connectivity index (χ1n) is 11.5. The molecule has 33 heavy (non-hydrogen) atoms. The van der Waals surface area contributed by atoms with Crippen LogP contribution in [0.4, 0.5) is 0 Å². The molecule has 0 saturated carbocycles. The Morgan fingerprint density at radius 2 is 1.76 bits per heavy atom. The van der Waals surface area contributed by atoms with E-state index >= 15 is 0 Å². The zero-order chi connectivity index (χ0) is 23.8. The molecule has 0 radical (unpaired) electrons. The molecule has 7 heteroatoms. The number of amides is 3. The summed E-state index contributed by atoms with van der Waals surface area (Å²) < 4.78 is 5.21. The average molecular weight is 452 g/mol. The van der Waals surface area contributed by atoms with E-state index in [1.807, 2.05) is 43.0 Å². The number of piperidine rings is 1. The van der Waals surface area contributed by atoms with Crippen molar-refractivity contribution in [3.05, 3.63) is 65.2 Å². The summed E-state index contributed by atoms with van der Waals surface area (Å²) >= 11 is 0. The van der Waals surface area contributed by atoms with Crippen molar-refractivity contribution in [3.8, 4) is 5.75 Å². The summed E-state index contributed by atoms with van der Waals surface area (Å²) in [6.45, 7) is 5.59. The van der Waals surface area contributed by atoms with Crippen LogP contribution in [0, 0.1) is 12.8 Å². The minimum absolute atomic E-state index is 0.00421. The molecule has 176 valence electrons. The topological polar surface area (TPSA) is 87.7 Å². The van der Waals surface area contributed by atoms with Gasteiger partial charge in [-0.3, -0.25) is 14.4 Å². The van der Waals surface area contributed by atoms with Gasteiger partial charge in [0.25, 0.3) is 11.8 Å². The zero-order valence-corrected chi connectivity index (χ0v) is 19.6. The molecule has 1 aliphatic rings. The number of benzene rings is 2. The number of carbonyl (C=O) groups excluding carboxylic acids is 3. The third-order valence-electron chi connectivity index (χ3n) is 6.01. The van der Waals surface area contributed by atoms with Gasteiger partial charge >= 0.3 is 0 Å². The van der Waals surface area contributed by atoms with Crippen LogP contribution in [0.1, 0.15) is 52.5 Å². The molecule has 3 rings (SSSR count). The fourth-order valence-corrected chi connectivity index (χ4v) is 4.14. The van der Waals surface area contributed by atoms with Crippen molar-refractivity contribution in [2.75, 3.05) is 26.7 Å². The number of nitrogens with one attached hydrogen (secondary N) is 2. The molecule has 1 saturated heterocycles. The Bertz CT molecular complexity index is 983. The minimum atomic E-state index is -0.661.